The number of aromatic nitrogens is 2. The predicted octanol–water partition coefficient (Wildman–Crippen LogP) is 5.14. The minimum absolute atomic E-state index is 0.0513. The molecule has 0 radical (unpaired) electrons. The number of hydrogen-bond donors (Lipinski definition) is 2. The number of amides is 1. The lowest BCUT2D eigenvalue weighted by Crippen LogP contribution is -2.32. The Kier molecular flexibility index (Phi) is 9.13. The van der Waals surface area contributed by atoms with Crippen LogP contribution in [-0.4, -0.2) is 41.1 Å². The number of nitro benzene ring substituents is 1. The van der Waals surface area contributed by atoms with Crippen molar-refractivity contribution in [2.75, 3.05) is 0 Å². The molecule has 0 saturated carbocycles. The number of nitrogens with zero attached hydrogens (tertiary/aromatic N) is 3. The fourth-order valence-corrected chi connectivity index (χ4v) is 5.07. The van der Waals surface area contributed by atoms with E-state index < -0.39 is 37.5 Å². The quantitative estimate of drug-likeness (QED) is 0.242. The van der Waals surface area contributed by atoms with Crippen molar-refractivity contribution in [3.63, 3.8) is 0 Å². The van der Waals surface area contributed by atoms with Crippen LogP contribution in [0, 0.1) is 17.0 Å². The number of hydrogen-bond acceptors (Lipinski definition) is 7. The number of halogens is 1. The predicted molar refractivity (Wildman–Crippen MR) is 144 cm³/mol. The van der Waals surface area contributed by atoms with Crippen molar-refractivity contribution in [3.8, 4) is 17.3 Å². The highest BCUT2D eigenvalue weighted by atomic mass is 35.5. The number of rotatable bonds is 11. The summed E-state index contributed by atoms with van der Waals surface area (Å²) in [6.45, 7) is 8.89. The second-order valence-electron chi connectivity index (χ2n) is 8.87. The number of nitro groups is 1. The van der Waals surface area contributed by atoms with Crippen molar-refractivity contribution in [2.45, 2.75) is 64.4 Å². The maximum absolute atomic E-state index is 13.2. The van der Waals surface area contributed by atoms with Gasteiger partial charge < -0.3 is 10.1 Å². The Hall–Kier alpha value is -3.48. The summed E-state index contributed by atoms with van der Waals surface area (Å²) in [5.41, 5.74) is 0.449. The lowest BCUT2D eigenvalue weighted by Gasteiger charge is -2.16. The third-order valence-electron chi connectivity index (χ3n) is 5.93. The average Bonchev–Trinajstić information content (AvgIpc) is 3.19. The molecular weight excluding hydrogens is 534 g/mol. The molecule has 0 fully saturated rings. The van der Waals surface area contributed by atoms with Gasteiger partial charge >= 0.3 is 0 Å². The first-order valence-electron chi connectivity index (χ1n) is 12.0. The van der Waals surface area contributed by atoms with E-state index in [4.69, 9.17) is 16.3 Å². The molecule has 0 aliphatic heterocycles. The summed E-state index contributed by atoms with van der Waals surface area (Å²) in [5, 5.41) is 19.1. The topological polar surface area (TPSA) is 145 Å². The third kappa shape index (κ3) is 6.50. The molecule has 0 spiro atoms. The largest absolute Gasteiger partial charge is 0.437 e. The van der Waals surface area contributed by atoms with Gasteiger partial charge in [-0.1, -0.05) is 31.5 Å². The summed E-state index contributed by atoms with van der Waals surface area (Å²) in [5.74, 6) is -0.556. The van der Waals surface area contributed by atoms with Crippen LogP contribution >= 0.6 is 11.6 Å². The Labute approximate surface area is 226 Å². The van der Waals surface area contributed by atoms with E-state index in [2.05, 4.69) is 15.1 Å². The molecule has 204 valence electrons. The van der Waals surface area contributed by atoms with Crippen molar-refractivity contribution < 1.29 is 22.9 Å². The Bertz CT molecular complexity index is 1460. The minimum Gasteiger partial charge on any atom is -0.437 e. The van der Waals surface area contributed by atoms with Gasteiger partial charge in [-0.25, -0.2) is 13.1 Å². The highest BCUT2D eigenvalue weighted by Crippen LogP contribution is 2.36. The minimum atomic E-state index is -4.21. The van der Waals surface area contributed by atoms with Gasteiger partial charge in [-0.15, -0.1) is 0 Å². The maximum Gasteiger partial charge on any atom is 0.272 e. The molecule has 13 heteroatoms. The van der Waals surface area contributed by atoms with Crippen LogP contribution in [0.15, 0.2) is 47.4 Å². The molecule has 38 heavy (non-hydrogen) atoms. The van der Waals surface area contributed by atoms with Crippen LogP contribution in [0.2, 0.25) is 5.02 Å². The number of carbonyl (C=O) groups excluding carboxylic acids is 1. The first-order valence-corrected chi connectivity index (χ1v) is 13.9. The first-order chi connectivity index (χ1) is 17.9. The van der Waals surface area contributed by atoms with E-state index in [9.17, 15) is 23.3 Å². The molecule has 2 N–H and O–H groups in total. The summed E-state index contributed by atoms with van der Waals surface area (Å²) >= 11 is 6.19. The monoisotopic (exact) mass is 563 g/mol. The van der Waals surface area contributed by atoms with Gasteiger partial charge in [0.1, 0.15) is 10.6 Å². The normalized spacial score (nSPS) is 13.1. The van der Waals surface area contributed by atoms with Crippen molar-refractivity contribution in [1.29, 1.82) is 0 Å². The van der Waals surface area contributed by atoms with Crippen LogP contribution in [0.1, 0.15) is 56.6 Å². The zero-order valence-electron chi connectivity index (χ0n) is 21.7. The molecule has 1 amide bonds. The second kappa shape index (κ2) is 11.9. The maximum atomic E-state index is 13.2. The summed E-state index contributed by atoms with van der Waals surface area (Å²) < 4.78 is 36.4. The van der Waals surface area contributed by atoms with E-state index in [1.54, 1.807) is 45.0 Å². The average molecular weight is 564 g/mol. The number of non-ortho nitro benzene ring substituents is 1. The molecule has 0 aliphatic rings. The summed E-state index contributed by atoms with van der Waals surface area (Å²) in [7, 11) is -4.21. The molecule has 0 unspecified atom stereocenters. The number of carbonyl (C=O) groups is 1. The van der Waals surface area contributed by atoms with Gasteiger partial charge in [0.05, 0.1) is 10.6 Å². The zero-order valence-corrected chi connectivity index (χ0v) is 23.3. The highest BCUT2D eigenvalue weighted by molar-refractivity contribution is 7.89. The van der Waals surface area contributed by atoms with E-state index in [1.165, 1.54) is 10.7 Å². The van der Waals surface area contributed by atoms with Crippen LogP contribution < -0.4 is 14.8 Å². The van der Waals surface area contributed by atoms with Gasteiger partial charge in [-0.3, -0.25) is 14.9 Å². The van der Waals surface area contributed by atoms with Crippen molar-refractivity contribution in [1.82, 2.24) is 19.8 Å². The number of sulfonamides is 1. The van der Waals surface area contributed by atoms with Gasteiger partial charge in [-0.05, 0) is 57.9 Å². The highest BCUT2D eigenvalue weighted by Gasteiger charge is 2.28. The van der Waals surface area contributed by atoms with Crippen LogP contribution in [0.25, 0.3) is 5.69 Å². The van der Waals surface area contributed by atoms with Gasteiger partial charge in [0.2, 0.25) is 15.9 Å². The fourth-order valence-electron chi connectivity index (χ4n) is 3.41. The molecule has 0 saturated heterocycles. The molecule has 11 nitrogen and oxygen atoms in total. The molecule has 0 bridgehead atoms. The molecule has 1 aromatic heterocycles. The number of benzene rings is 2. The van der Waals surface area contributed by atoms with Crippen molar-refractivity contribution >= 4 is 33.2 Å². The number of nitrogens with one attached hydrogen (secondary N) is 2. The zero-order chi connectivity index (χ0) is 28.2. The van der Waals surface area contributed by atoms with Gasteiger partial charge in [0.15, 0.2) is 5.69 Å². The summed E-state index contributed by atoms with van der Waals surface area (Å²) in [4.78, 5) is 23.3. The van der Waals surface area contributed by atoms with Crippen LogP contribution in [-0.2, 0) is 10.0 Å². The lowest BCUT2D eigenvalue weighted by molar-refractivity contribution is -0.385. The lowest BCUT2D eigenvalue weighted by atomic mass is 10.2. The smallest absolute Gasteiger partial charge is 0.272 e. The fraction of sp³-hybridized carbons (Fsp3) is 0.360. The molecule has 0 aliphatic carbocycles. The molecule has 2 atom stereocenters. The number of ether oxygens (including phenoxy) is 1. The van der Waals surface area contributed by atoms with Crippen LogP contribution in [0.5, 0.6) is 11.6 Å². The standard InChI is InChI=1S/C25H30ClN5O6S/c1-6-15(3)27-24(32)23-17(5)25(30(28-23)19-10-8-9-18(26)13-19)37-21-12-11-20(31(33)34)14-22(21)38(35,36)29-16(4)7-2/h8-16,29H,6-7H2,1-5H3,(H,27,32)/t15-,16-/m0/s1. The molecule has 1 heterocycles. The van der Waals surface area contributed by atoms with Gasteiger partial charge in [0.25, 0.3) is 11.6 Å². The third-order valence-corrected chi connectivity index (χ3v) is 7.77. The SMILES string of the molecule is CC[C@H](C)NC(=O)c1nn(-c2cccc(Cl)c2)c(Oc2ccc([N+](=O)[O-])cc2S(=O)(=O)N[C@@H](C)CC)c1C. The van der Waals surface area contributed by atoms with E-state index >= 15 is 0 Å². The van der Waals surface area contributed by atoms with E-state index in [-0.39, 0.29) is 23.4 Å². The second-order valence-corrected chi connectivity index (χ2v) is 11.0. The molecule has 3 aromatic rings. The van der Waals surface area contributed by atoms with E-state index in [0.29, 0.717) is 29.1 Å². The van der Waals surface area contributed by atoms with Crippen LogP contribution in [0.4, 0.5) is 5.69 Å². The van der Waals surface area contributed by atoms with Gasteiger partial charge in [-0.2, -0.15) is 9.78 Å². The van der Waals surface area contributed by atoms with Crippen molar-refractivity contribution in [2.24, 2.45) is 0 Å². The Morgan fingerprint density at radius 3 is 2.45 bits per heavy atom. The summed E-state index contributed by atoms with van der Waals surface area (Å²) in [6.07, 6.45) is 1.20. The van der Waals surface area contributed by atoms with Crippen LogP contribution in [0.3, 0.4) is 0 Å². The molecule has 2 aromatic carbocycles. The Morgan fingerprint density at radius 1 is 1.16 bits per heavy atom. The Morgan fingerprint density at radius 2 is 1.84 bits per heavy atom. The summed E-state index contributed by atoms with van der Waals surface area (Å²) in [6, 6.07) is 9.40. The van der Waals surface area contributed by atoms with E-state index in [1.807, 2.05) is 13.8 Å². The van der Waals surface area contributed by atoms with E-state index in [0.717, 1.165) is 12.1 Å². The molecular formula is C25H30ClN5O6S. The molecule has 3 rings (SSSR count). The van der Waals surface area contributed by atoms with Gasteiger partial charge in [0, 0.05) is 34.8 Å². The van der Waals surface area contributed by atoms with Crippen molar-refractivity contribution in [3.05, 3.63) is 68.9 Å². The Balaban J connectivity index is 2.20. The first kappa shape index (κ1) is 29.1.